The van der Waals surface area contributed by atoms with Gasteiger partial charge in [-0.1, -0.05) is 18.2 Å². The number of hydrogen-bond donors (Lipinski definition) is 3. The number of benzene rings is 1. The largest absolute Gasteiger partial charge is 0.362 e. The third kappa shape index (κ3) is 3.06. The van der Waals surface area contributed by atoms with Crippen molar-refractivity contribution in [3.8, 4) is 0 Å². The zero-order chi connectivity index (χ0) is 10.4. The second kappa shape index (κ2) is 5.24. The molecule has 1 unspecified atom stereocenters. The Morgan fingerprint density at radius 2 is 2.07 bits per heavy atom. The fourth-order valence-corrected chi connectivity index (χ4v) is 1.06. The van der Waals surface area contributed by atoms with Crippen molar-refractivity contribution >= 4 is 11.6 Å². The lowest BCUT2D eigenvalue weighted by Crippen LogP contribution is -2.45. The summed E-state index contributed by atoms with van der Waals surface area (Å²) in [7, 11) is 0. The van der Waals surface area contributed by atoms with Crippen molar-refractivity contribution in [2.24, 2.45) is 5.73 Å². The Balaban J connectivity index is 2.49. The number of anilines is 1. The monoisotopic (exact) mass is 193 g/mol. The van der Waals surface area contributed by atoms with Crippen molar-refractivity contribution in [2.75, 3.05) is 11.9 Å². The van der Waals surface area contributed by atoms with E-state index in [1.54, 1.807) is 0 Å². The molecule has 1 aromatic rings. The minimum atomic E-state index is -0.697. The van der Waals surface area contributed by atoms with Crippen LogP contribution in [0, 0.1) is 0 Å². The van der Waals surface area contributed by atoms with E-state index in [0.717, 1.165) is 5.69 Å². The zero-order valence-electron chi connectivity index (χ0n) is 8.16. The predicted octanol–water partition coefficient (Wildman–Crippen LogP) is 0.519. The maximum absolute atomic E-state index is 11.2. The Kier molecular flexibility index (Phi) is 3.94. The molecule has 4 heteroatoms. The number of amides is 1. The molecule has 0 bridgehead atoms. The molecule has 0 saturated carbocycles. The molecule has 0 aliphatic rings. The Labute approximate surface area is 83.5 Å². The van der Waals surface area contributed by atoms with E-state index < -0.39 is 6.17 Å². The van der Waals surface area contributed by atoms with Crippen LogP contribution in [0.4, 0.5) is 5.69 Å². The van der Waals surface area contributed by atoms with Crippen LogP contribution in [0.25, 0.3) is 0 Å². The summed E-state index contributed by atoms with van der Waals surface area (Å²) < 4.78 is 0. The molecule has 0 heterocycles. The molecule has 4 N–H and O–H groups in total. The van der Waals surface area contributed by atoms with Crippen molar-refractivity contribution in [1.29, 1.82) is 0 Å². The van der Waals surface area contributed by atoms with Gasteiger partial charge in [-0.15, -0.1) is 0 Å². The molecule has 0 spiro atoms. The van der Waals surface area contributed by atoms with E-state index in [1.807, 2.05) is 37.3 Å². The van der Waals surface area contributed by atoms with E-state index >= 15 is 0 Å². The van der Waals surface area contributed by atoms with Crippen molar-refractivity contribution in [3.63, 3.8) is 0 Å². The van der Waals surface area contributed by atoms with Crippen LogP contribution in [0.2, 0.25) is 0 Å². The molecule has 1 aromatic carbocycles. The number of carbonyl (C=O) groups excluding carboxylic acids is 1. The summed E-state index contributed by atoms with van der Waals surface area (Å²) >= 11 is 0. The highest BCUT2D eigenvalue weighted by molar-refractivity contribution is 5.83. The molecule has 14 heavy (non-hydrogen) atoms. The Bertz CT molecular complexity index is 287. The number of para-hydroxylation sites is 1. The minimum Gasteiger partial charge on any atom is -0.362 e. The van der Waals surface area contributed by atoms with Gasteiger partial charge in [-0.25, -0.2) is 0 Å². The summed E-state index contributed by atoms with van der Waals surface area (Å²) in [6, 6.07) is 9.39. The standard InChI is InChI=1S/C10H15N3O/c1-2-12-10(14)9(11)13-8-6-4-3-5-7-8/h3-7,9,13H,2,11H2,1H3,(H,12,14). The third-order valence-corrected chi connectivity index (χ3v) is 1.73. The predicted molar refractivity (Wildman–Crippen MR) is 56.7 cm³/mol. The van der Waals surface area contributed by atoms with Gasteiger partial charge in [0, 0.05) is 12.2 Å². The molecule has 1 atom stereocenters. The molecule has 4 nitrogen and oxygen atoms in total. The van der Waals surface area contributed by atoms with E-state index in [-0.39, 0.29) is 5.91 Å². The highest BCUT2D eigenvalue weighted by atomic mass is 16.2. The Morgan fingerprint density at radius 1 is 1.43 bits per heavy atom. The van der Waals surface area contributed by atoms with Gasteiger partial charge in [0.05, 0.1) is 0 Å². The molecule has 0 aliphatic carbocycles. The normalized spacial score (nSPS) is 11.9. The first-order valence-corrected chi connectivity index (χ1v) is 4.59. The minimum absolute atomic E-state index is 0.198. The van der Waals surface area contributed by atoms with Crippen molar-refractivity contribution in [2.45, 2.75) is 13.1 Å². The van der Waals surface area contributed by atoms with Gasteiger partial charge in [0.25, 0.3) is 5.91 Å². The highest BCUT2D eigenvalue weighted by Crippen LogP contribution is 2.04. The van der Waals surface area contributed by atoms with E-state index in [1.165, 1.54) is 0 Å². The summed E-state index contributed by atoms with van der Waals surface area (Å²) in [5, 5.41) is 5.53. The SMILES string of the molecule is CCNC(=O)C(N)Nc1ccccc1. The average molecular weight is 193 g/mol. The van der Waals surface area contributed by atoms with Gasteiger partial charge in [0.2, 0.25) is 0 Å². The molecule has 0 saturated heterocycles. The third-order valence-electron chi connectivity index (χ3n) is 1.73. The smallest absolute Gasteiger partial charge is 0.257 e. The summed E-state index contributed by atoms with van der Waals surface area (Å²) in [5.74, 6) is -0.198. The first-order valence-electron chi connectivity index (χ1n) is 4.59. The number of likely N-dealkylation sites (N-methyl/N-ethyl adjacent to an activating group) is 1. The number of hydrogen-bond acceptors (Lipinski definition) is 3. The highest BCUT2D eigenvalue weighted by Gasteiger charge is 2.10. The van der Waals surface area contributed by atoms with Crippen LogP contribution in [-0.2, 0) is 4.79 Å². The first-order chi connectivity index (χ1) is 6.74. The maximum Gasteiger partial charge on any atom is 0.257 e. The van der Waals surface area contributed by atoms with Crippen molar-refractivity contribution in [3.05, 3.63) is 30.3 Å². The molecular weight excluding hydrogens is 178 g/mol. The number of nitrogens with one attached hydrogen (secondary N) is 2. The van der Waals surface area contributed by atoms with Crippen LogP contribution >= 0.6 is 0 Å². The van der Waals surface area contributed by atoms with Gasteiger partial charge < -0.3 is 16.4 Å². The fraction of sp³-hybridized carbons (Fsp3) is 0.300. The number of carbonyl (C=O) groups is 1. The van der Waals surface area contributed by atoms with E-state index in [4.69, 9.17) is 5.73 Å². The van der Waals surface area contributed by atoms with E-state index in [2.05, 4.69) is 10.6 Å². The van der Waals surface area contributed by atoms with Gasteiger partial charge >= 0.3 is 0 Å². The molecule has 76 valence electrons. The quantitative estimate of drug-likeness (QED) is 0.611. The molecule has 0 aromatic heterocycles. The fourth-order valence-electron chi connectivity index (χ4n) is 1.06. The van der Waals surface area contributed by atoms with Gasteiger partial charge in [-0.3, -0.25) is 4.79 Å². The number of rotatable bonds is 4. The summed E-state index contributed by atoms with van der Waals surface area (Å²) in [5.41, 5.74) is 6.45. The van der Waals surface area contributed by atoms with Crippen molar-refractivity contribution in [1.82, 2.24) is 5.32 Å². The lowest BCUT2D eigenvalue weighted by molar-refractivity contribution is -0.121. The molecule has 0 radical (unpaired) electrons. The van der Waals surface area contributed by atoms with Crippen LogP contribution < -0.4 is 16.4 Å². The van der Waals surface area contributed by atoms with Crippen LogP contribution in [0.15, 0.2) is 30.3 Å². The Hall–Kier alpha value is -1.55. The number of nitrogens with two attached hydrogens (primary N) is 1. The van der Waals surface area contributed by atoms with Crippen LogP contribution in [-0.4, -0.2) is 18.6 Å². The Morgan fingerprint density at radius 3 is 2.64 bits per heavy atom. The summed E-state index contributed by atoms with van der Waals surface area (Å²) in [6.07, 6.45) is -0.697. The van der Waals surface area contributed by atoms with E-state index in [9.17, 15) is 4.79 Å². The van der Waals surface area contributed by atoms with Crippen LogP contribution in [0.5, 0.6) is 0 Å². The molecule has 1 rings (SSSR count). The molecule has 0 fully saturated rings. The zero-order valence-corrected chi connectivity index (χ0v) is 8.16. The van der Waals surface area contributed by atoms with E-state index in [0.29, 0.717) is 6.54 Å². The second-order valence-corrected chi connectivity index (χ2v) is 2.88. The average Bonchev–Trinajstić information content (AvgIpc) is 2.19. The van der Waals surface area contributed by atoms with Crippen LogP contribution in [0.1, 0.15) is 6.92 Å². The maximum atomic E-state index is 11.2. The van der Waals surface area contributed by atoms with Crippen molar-refractivity contribution < 1.29 is 4.79 Å². The van der Waals surface area contributed by atoms with Gasteiger partial charge in [-0.2, -0.15) is 0 Å². The van der Waals surface area contributed by atoms with Gasteiger partial charge in [-0.05, 0) is 19.1 Å². The topological polar surface area (TPSA) is 67.2 Å². The molecule has 1 amide bonds. The summed E-state index contributed by atoms with van der Waals surface area (Å²) in [4.78, 5) is 11.2. The van der Waals surface area contributed by atoms with Gasteiger partial charge in [0.15, 0.2) is 6.17 Å². The molecular formula is C10H15N3O. The lowest BCUT2D eigenvalue weighted by Gasteiger charge is -2.13. The summed E-state index contributed by atoms with van der Waals surface area (Å²) in [6.45, 7) is 2.44. The van der Waals surface area contributed by atoms with Gasteiger partial charge in [0.1, 0.15) is 0 Å². The second-order valence-electron chi connectivity index (χ2n) is 2.88. The van der Waals surface area contributed by atoms with Crippen LogP contribution in [0.3, 0.4) is 0 Å². The lowest BCUT2D eigenvalue weighted by atomic mass is 10.3. The molecule has 0 aliphatic heterocycles. The first kappa shape index (κ1) is 10.5.